The zero-order chi connectivity index (χ0) is 20.8. The van der Waals surface area contributed by atoms with Gasteiger partial charge in [-0.2, -0.15) is 4.98 Å². The number of nitrogens with one attached hydrogen (secondary N) is 1. The highest BCUT2D eigenvalue weighted by molar-refractivity contribution is 5.80. The molecule has 4 rings (SSSR count). The maximum Gasteiger partial charge on any atom is 0.245 e. The van der Waals surface area contributed by atoms with E-state index in [1.807, 2.05) is 54.6 Å². The molecule has 8 nitrogen and oxygen atoms in total. The third kappa shape index (κ3) is 4.54. The summed E-state index contributed by atoms with van der Waals surface area (Å²) in [6.45, 7) is 0.903. The molecular formula is C22H21N5O3. The van der Waals surface area contributed by atoms with Crippen LogP contribution in [0.3, 0.4) is 0 Å². The van der Waals surface area contributed by atoms with Crippen LogP contribution in [-0.2, 0) is 24.5 Å². The van der Waals surface area contributed by atoms with Gasteiger partial charge in [0.15, 0.2) is 11.2 Å². The van der Waals surface area contributed by atoms with Crippen molar-refractivity contribution in [3.63, 3.8) is 0 Å². The third-order valence-electron chi connectivity index (χ3n) is 4.55. The Balaban J connectivity index is 1.39. The molecule has 0 aliphatic rings. The maximum atomic E-state index is 12.4. The number of aromatic nitrogens is 4. The molecule has 2 heterocycles. The van der Waals surface area contributed by atoms with E-state index in [4.69, 9.17) is 9.47 Å². The lowest BCUT2D eigenvalue weighted by Gasteiger charge is -2.08. The normalized spacial score (nSPS) is 10.7. The summed E-state index contributed by atoms with van der Waals surface area (Å²) in [7, 11) is 1.62. The lowest BCUT2D eigenvalue weighted by molar-refractivity contribution is -0.121. The molecule has 0 fully saturated rings. The minimum absolute atomic E-state index is 0.0990. The van der Waals surface area contributed by atoms with Crippen molar-refractivity contribution in [1.82, 2.24) is 24.8 Å². The van der Waals surface area contributed by atoms with Crippen molar-refractivity contribution >= 4 is 17.1 Å². The molecule has 0 aliphatic heterocycles. The third-order valence-corrected chi connectivity index (χ3v) is 4.55. The number of imidazole rings is 1. The Hall–Kier alpha value is -3.94. The molecule has 152 valence electrons. The van der Waals surface area contributed by atoms with Crippen LogP contribution in [0.5, 0.6) is 11.6 Å². The predicted octanol–water partition coefficient (Wildman–Crippen LogP) is 2.73. The first-order chi connectivity index (χ1) is 14.7. The Kier molecular flexibility index (Phi) is 5.84. The summed E-state index contributed by atoms with van der Waals surface area (Å²) in [6.07, 6.45) is 2.98. The first kappa shape index (κ1) is 19.4. The molecule has 0 radical (unpaired) electrons. The van der Waals surface area contributed by atoms with Crippen LogP contribution in [0.1, 0.15) is 11.1 Å². The van der Waals surface area contributed by atoms with Crippen molar-refractivity contribution in [2.45, 2.75) is 19.7 Å². The number of carbonyl (C=O) groups is 1. The van der Waals surface area contributed by atoms with Crippen molar-refractivity contribution in [1.29, 1.82) is 0 Å². The van der Waals surface area contributed by atoms with Crippen LogP contribution in [-0.4, -0.2) is 32.5 Å². The summed E-state index contributed by atoms with van der Waals surface area (Å²) in [6, 6.07) is 17.4. The molecule has 1 N–H and O–H groups in total. The minimum atomic E-state index is -0.143. The van der Waals surface area contributed by atoms with Crippen molar-refractivity contribution in [2.24, 2.45) is 0 Å². The van der Waals surface area contributed by atoms with Gasteiger partial charge in [-0.3, -0.25) is 4.79 Å². The predicted molar refractivity (Wildman–Crippen MR) is 111 cm³/mol. The van der Waals surface area contributed by atoms with Crippen LogP contribution in [0.15, 0.2) is 67.3 Å². The van der Waals surface area contributed by atoms with E-state index in [0.29, 0.717) is 30.2 Å². The first-order valence-electron chi connectivity index (χ1n) is 9.45. The van der Waals surface area contributed by atoms with Crippen molar-refractivity contribution < 1.29 is 14.3 Å². The van der Waals surface area contributed by atoms with Gasteiger partial charge in [-0.1, -0.05) is 42.5 Å². The molecule has 1 amide bonds. The Morgan fingerprint density at radius 2 is 1.80 bits per heavy atom. The largest absolute Gasteiger partial charge is 0.497 e. The second kappa shape index (κ2) is 9.04. The second-order valence-corrected chi connectivity index (χ2v) is 6.62. The first-order valence-corrected chi connectivity index (χ1v) is 9.45. The van der Waals surface area contributed by atoms with Gasteiger partial charge in [0.25, 0.3) is 0 Å². The van der Waals surface area contributed by atoms with E-state index in [2.05, 4.69) is 20.3 Å². The number of rotatable bonds is 8. The van der Waals surface area contributed by atoms with E-state index in [1.165, 1.54) is 6.33 Å². The average Bonchev–Trinajstić information content (AvgIpc) is 3.20. The van der Waals surface area contributed by atoms with E-state index in [-0.39, 0.29) is 12.5 Å². The van der Waals surface area contributed by atoms with Gasteiger partial charge < -0.3 is 19.4 Å². The number of amides is 1. The molecule has 0 saturated carbocycles. The van der Waals surface area contributed by atoms with Crippen LogP contribution < -0.4 is 14.8 Å². The van der Waals surface area contributed by atoms with Crippen LogP contribution >= 0.6 is 0 Å². The zero-order valence-electron chi connectivity index (χ0n) is 16.5. The molecular weight excluding hydrogens is 382 g/mol. The maximum absolute atomic E-state index is 12.4. The van der Waals surface area contributed by atoms with Crippen molar-refractivity contribution in [3.8, 4) is 11.6 Å². The Labute approximate surface area is 173 Å². The quantitative estimate of drug-likeness (QED) is 0.486. The zero-order valence-corrected chi connectivity index (χ0v) is 16.5. The number of methoxy groups -OCH3 is 1. The van der Waals surface area contributed by atoms with Crippen LogP contribution in [0, 0.1) is 0 Å². The van der Waals surface area contributed by atoms with Gasteiger partial charge in [0.05, 0.1) is 13.4 Å². The summed E-state index contributed by atoms with van der Waals surface area (Å²) in [5.74, 6) is 1.02. The summed E-state index contributed by atoms with van der Waals surface area (Å²) in [4.78, 5) is 25.2. The van der Waals surface area contributed by atoms with Gasteiger partial charge in [0, 0.05) is 6.54 Å². The SMILES string of the molecule is COc1ccc(CNC(=O)Cn2cnc3c(OCc4ccccc4)ncnc32)cc1. The number of ether oxygens (including phenoxy) is 2. The van der Waals surface area contributed by atoms with E-state index in [1.54, 1.807) is 18.0 Å². The molecule has 0 spiro atoms. The molecule has 0 bridgehead atoms. The van der Waals surface area contributed by atoms with E-state index < -0.39 is 0 Å². The molecule has 0 saturated heterocycles. The lowest BCUT2D eigenvalue weighted by Crippen LogP contribution is -2.26. The highest BCUT2D eigenvalue weighted by Crippen LogP contribution is 2.20. The van der Waals surface area contributed by atoms with Gasteiger partial charge in [-0.25, -0.2) is 9.97 Å². The summed E-state index contributed by atoms with van der Waals surface area (Å²) in [5.41, 5.74) is 3.09. The fourth-order valence-electron chi connectivity index (χ4n) is 2.96. The van der Waals surface area contributed by atoms with Gasteiger partial charge in [-0.05, 0) is 23.3 Å². The topological polar surface area (TPSA) is 91.2 Å². The van der Waals surface area contributed by atoms with E-state index in [0.717, 1.165) is 16.9 Å². The Morgan fingerprint density at radius 1 is 1.00 bits per heavy atom. The standard InChI is InChI=1S/C22H21N5O3/c1-29-18-9-7-16(8-10-18)11-23-19(28)12-27-15-26-20-21(27)24-14-25-22(20)30-13-17-5-3-2-4-6-17/h2-10,14-15H,11-13H2,1H3,(H,23,28). The highest BCUT2D eigenvalue weighted by Gasteiger charge is 2.13. The minimum Gasteiger partial charge on any atom is -0.497 e. The monoisotopic (exact) mass is 403 g/mol. The smallest absolute Gasteiger partial charge is 0.245 e. The average molecular weight is 403 g/mol. The molecule has 2 aromatic carbocycles. The number of nitrogens with zero attached hydrogens (tertiary/aromatic N) is 4. The van der Waals surface area contributed by atoms with Gasteiger partial charge in [-0.15, -0.1) is 0 Å². The van der Waals surface area contributed by atoms with E-state index >= 15 is 0 Å². The number of fused-ring (bicyclic) bond motifs is 1. The highest BCUT2D eigenvalue weighted by atomic mass is 16.5. The van der Waals surface area contributed by atoms with Crippen molar-refractivity contribution in [2.75, 3.05) is 7.11 Å². The van der Waals surface area contributed by atoms with E-state index in [9.17, 15) is 4.79 Å². The van der Waals surface area contributed by atoms with Crippen LogP contribution in [0.2, 0.25) is 0 Å². The summed E-state index contributed by atoms with van der Waals surface area (Å²) >= 11 is 0. The molecule has 0 unspecified atom stereocenters. The fourth-order valence-corrected chi connectivity index (χ4v) is 2.96. The van der Waals surface area contributed by atoms with Crippen LogP contribution in [0.4, 0.5) is 0 Å². The Bertz CT molecular complexity index is 1130. The molecule has 0 aliphatic carbocycles. The molecule has 8 heteroatoms. The van der Waals surface area contributed by atoms with Crippen LogP contribution in [0.25, 0.3) is 11.2 Å². The number of hydrogen-bond donors (Lipinski definition) is 1. The fraction of sp³-hybridized carbons (Fsp3) is 0.182. The summed E-state index contributed by atoms with van der Waals surface area (Å²) in [5, 5.41) is 2.90. The molecule has 0 atom stereocenters. The van der Waals surface area contributed by atoms with Gasteiger partial charge in [0.1, 0.15) is 25.2 Å². The van der Waals surface area contributed by atoms with Gasteiger partial charge >= 0.3 is 0 Å². The lowest BCUT2D eigenvalue weighted by atomic mass is 10.2. The van der Waals surface area contributed by atoms with Gasteiger partial charge in [0.2, 0.25) is 11.8 Å². The Morgan fingerprint density at radius 3 is 2.57 bits per heavy atom. The molecule has 4 aromatic rings. The number of hydrogen-bond acceptors (Lipinski definition) is 6. The summed E-state index contributed by atoms with van der Waals surface area (Å²) < 4.78 is 12.6. The molecule has 30 heavy (non-hydrogen) atoms. The second-order valence-electron chi connectivity index (χ2n) is 6.62. The number of benzene rings is 2. The number of carbonyl (C=O) groups excluding carboxylic acids is 1. The molecule has 2 aromatic heterocycles. The van der Waals surface area contributed by atoms with Crippen molar-refractivity contribution in [3.05, 3.63) is 78.4 Å².